The Bertz CT molecular complexity index is 604. The molecule has 0 amide bonds. The van der Waals surface area contributed by atoms with Crippen LogP contribution >= 0.6 is 0 Å². The number of hydrogen-bond acceptors (Lipinski definition) is 4. The molecule has 0 unspecified atom stereocenters. The van der Waals surface area contributed by atoms with Gasteiger partial charge >= 0.3 is 0 Å². The Morgan fingerprint density at radius 2 is 1.82 bits per heavy atom. The average Bonchev–Trinajstić information content (AvgIpc) is 3.08. The smallest absolute Gasteiger partial charge is 0.163 e. The van der Waals surface area contributed by atoms with E-state index in [-0.39, 0.29) is 0 Å². The molecule has 0 bridgehead atoms. The van der Waals surface area contributed by atoms with Gasteiger partial charge in [0.25, 0.3) is 0 Å². The van der Waals surface area contributed by atoms with Crippen molar-refractivity contribution in [2.24, 2.45) is 5.92 Å². The highest BCUT2D eigenvalue weighted by Gasteiger charge is 2.16. The summed E-state index contributed by atoms with van der Waals surface area (Å²) in [5.41, 5.74) is 1.07. The first-order valence-corrected chi connectivity index (χ1v) is 8.16. The molecule has 0 radical (unpaired) electrons. The molecule has 2 heterocycles. The molecule has 1 aromatic carbocycles. The van der Waals surface area contributed by atoms with Gasteiger partial charge in [-0.2, -0.15) is 0 Å². The maximum absolute atomic E-state index is 4.79. The van der Waals surface area contributed by atoms with E-state index in [2.05, 4.69) is 42.3 Å². The van der Waals surface area contributed by atoms with Gasteiger partial charge < -0.3 is 10.2 Å². The number of hydrogen-bond donors (Lipinski definition) is 1. The third kappa shape index (κ3) is 3.56. The van der Waals surface area contributed by atoms with Gasteiger partial charge in [-0.05, 0) is 18.8 Å². The van der Waals surface area contributed by atoms with Crippen molar-refractivity contribution in [3.63, 3.8) is 0 Å². The van der Waals surface area contributed by atoms with Gasteiger partial charge in [-0.25, -0.2) is 9.97 Å². The Balaban J connectivity index is 1.93. The van der Waals surface area contributed by atoms with Crippen molar-refractivity contribution in [3.05, 3.63) is 36.4 Å². The summed E-state index contributed by atoms with van der Waals surface area (Å²) in [7, 11) is 0. The van der Waals surface area contributed by atoms with Crippen LogP contribution in [0.25, 0.3) is 11.4 Å². The molecule has 1 saturated heterocycles. The molecule has 1 fully saturated rings. The average molecular weight is 296 g/mol. The molecule has 0 spiro atoms. The Hall–Kier alpha value is -2.10. The quantitative estimate of drug-likeness (QED) is 0.911. The molecule has 4 nitrogen and oxygen atoms in total. The van der Waals surface area contributed by atoms with E-state index in [9.17, 15) is 0 Å². The van der Waals surface area contributed by atoms with Crippen LogP contribution in [0.2, 0.25) is 0 Å². The molecule has 22 heavy (non-hydrogen) atoms. The van der Waals surface area contributed by atoms with Crippen LogP contribution in [-0.4, -0.2) is 29.6 Å². The zero-order valence-corrected chi connectivity index (χ0v) is 13.4. The number of aromatic nitrogens is 2. The fraction of sp³-hybridized carbons (Fsp3) is 0.444. The Morgan fingerprint density at radius 3 is 2.50 bits per heavy atom. The largest absolute Gasteiger partial charge is 0.370 e. The summed E-state index contributed by atoms with van der Waals surface area (Å²) in [6.07, 6.45) is 2.50. The minimum Gasteiger partial charge on any atom is -0.370 e. The van der Waals surface area contributed by atoms with E-state index >= 15 is 0 Å². The standard InChI is InChI=1S/C18H24N4/c1-14(2)13-19-16-12-17(22-10-6-7-11-22)21-18(20-16)15-8-4-3-5-9-15/h3-5,8-9,12,14H,6-7,10-11,13H2,1-2H3,(H,19,20,21). The third-order valence-electron chi connectivity index (χ3n) is 3.87. The zero-order chi connectivity index (χ0) is 15.4. The predicted molar refractivity (Wildman–Crippen MR) is 92.2 cm³/mol. The van der Waals surface area contributed by atoms with Crippen LogP contribution in [0.15, 0.2) is 36.4 Å². The normalized spacial score (nSPS) is 14.6. The highest BCUT2D eigenvalue weighted by atomic mass is 15.2. The molecular formula is C18H24N4. The highest BCUT2D eigenvalue weighted by molar-refractivity contribution is 5.61. The van der Waals surface area contributed by atoms with Crippen LogP contribution in [0.1, 0.15) is 26.7 Å². The van der Waals surface area contributed by atoms with E-state index in [1.165, 1.54) is 12.8 Å². The van der Waals surface area contributed by atoms with Gasteiger partial charge in [-0.1, -0.05) is 44.2 Å². The molecular weight excluding hydrogens is 272 g/mol. The summed E-state index contributed by atoms with van der Waals surface area (Å²) in [6.45, 7) is 7.51. The van der Waals surface area contributed by atoms with Crippen LogP contribution in [-0.2, 0) is 0 Å². The number of anilines is 2. The molecule has 0 saturated carbocycles. The summed E-state index contributed by atoms with van der Waals surface area (Å²) in [6, 6.07) is 12.3. The number of nitrogens with one attached hydrogen (secondary N) is 1. The second-order valence-electron chi connectivity index (χ2n) is 6.27. The van der Waals surface area contributed by atoms with Crippen LogP contribution in [0.3, 0.4) is 0 Å². The van der Waals surface area contributed by atoms with E-state index < -0.39 is 0 Å². The van der Waals surface area contributed by atoms with E-state index in [0.717, 1.165) is 42.7 Å². The fourth-order valence-corrected chi connectivity index (χ4v) is 2.66. The molecule has 116 valence electrons. The third-order valence-corrected chi connectivity index (χ3v) is 3.87. The van der Waals surface area contributed by atoms with Crippen molar-refractivity contribution in [2.75, 3.05) is 29.9 Å². The summed E-state index contributed by atoms with van der Waals surface area (Å²) < 4.78 is 0. The van der Waals surface area contributed by atoms with E-state index in [1.807, 2.05) is 18.2 Å². The van der Waals surface area contributed by atoms with E-state index in [4.69, 9.17) is 9.97 Å². The summed E-state index contributed by atoms with van der Waals surface area (Å²) >= 11 is 0. The Morgan fingerprint density at radius 1 is 1.09 bits per heavy atom. The first-order valence-electron chi connectivity index (χ1n) is 8.16. The first-order chi connectivity index (χ1) is 10.7. The number of nitrogens with zero attached hydrogens (tertiary/aromatic N) is 3. The minimum absolute atomic E-state index is 0.588. The zero-order valence-electron chi connectivity index (χ0n) is 13.4. The van der Waals surface area contributed by atoms with Crippen LogP contribution in [0.5, 0.6) is 0 Å². The number of benzene rings is 1. The molecule has 2 aromatic rings. The van der Waals surface area contributed by atoms with Crippen molar-refractivity contribution in [1.82, 2.24) is 9.97 Å². The van der Waals surface area contributed by atoms with Crippen LogP contribution in [0.4, 0.5) is 11.6 Å². The van der Waals surface area contributed by atoms with Crippen molar-refractivity contribution in [2.45, 2.75) is 26.7 Å². The number of rotatable bonds is 5. The van der Waals surface area contributed by atoms with Crippen molar-refractivity contribution in [1.29, 1.82) is 0 Å². The second-order valence-corrected chi connectivity index (χ2v) is 6.27. The van der Waals surface area contributed by atoms with Gasteiger partial charge in [0.05, 0.1) is 0 Å². The van der Waals surface area contributed by atoms with Gasteiger partial charge in [0.2, 0.25) is 0 Å². The van der Waals surface area contributed by atoms with Gasteiger partial charge in [0.15, 0.2) is 5.82 Å². The molecule has 3 rings (SSSR count). The van der Waals surface area contributed by atoms with Gasteiger partial charge in [-0.3, -0.25) is 0 Å². The molecule has 1 aliphatic heterocycles. The van der Waals surface area contributed by atoms with Crippen LogP contribution < -0.4 is 10.2 Å². The summed E-state index contributed by atoms with van der Waals surface area (Å²) in [5.74, 6) is 3.35. The monoisotopic (exact) mass is 296 g/mol. The Labute approximate surface area is 132 Å². The van der Waals surface area contributed by atoms with Crippen LogP contribution in [0, 0.1) is 5.92 Å². The van der Waals surface area contributed by atoms with Gasteiger partial charge in [0, 0.05) is 31.3 Å². The van der Waals surface area contributed by atoms with Crippen molar-refractivity contribution < 1.29 is 0 Å². The lowest BCUT2D eigenvalue weighted by molar-refractivity contribution is 0.687. The lowest BCUT2D eigenvalue weighted by Crippen LogP contribution is -2.20. The summed E-state index contributed by atoms with van der Waals surface area (Å²) in [5, 5.41) is 3.44. The SMILES string of the molecule is CC(C)CNc1cc(N2CCCC2)nc(-c2ccccc2)n1. The molecule has 0 atom stereocenters. The van der Waals surface area contributed by atoms with E-state index in [1.54, 1.807) is 0 Å². The van der Waals surface area contributed by atoms with Crippen molar-refractivity contribution >= 4 is 11.6 Å². The molecule has 0 aliphatic carbocycles. The predicted octanol–water partition coefficient (Wildman–Crippen LogP) is 3.81. The van der Waals surface area contributed by atoms with Gasteiger partial charge in [-0.15, -0.1) is 0 Å². The summed E-state index contributed by atoms with van der Waals surface area (Å²) in [4.78, 5) is 11.8. The molecule has 1 aliphatic rings. The lowest BCUT2D eigenvalue weighted by atomic mass is 10.2. The minimum atomic E-state index is 0.588. The maximum atomic E-state index is 4.79. The van der Waals surface area contributed by atoms with Gasteiger partial charge in [0.1, 0.15) is 11.6 Å². The first kappa shape index (κ1) is 14.8. The highest BCUT2D eigenvalue weighted by Crippen LogP contribution is 2.25. The Kier molecular flexibility index (Phi) is 4.56. The molecule has 1 aromatic heterocycles. The van der Waals surface area contributed by atoms with E-state index in [0.29, 0.717) is 5.92 Å². The van der Waals surface area contributed by atoms with Crippen molar-refractivity contribution in [3.8, 4) is 11.4 Å². The lowest BCUT2D eigenvalue weighted by Gasteiger charge is -2.19. The molecule has 4 heteroatoms. The second kappa shape index (κ2) is 6.77. The fourth-order valence-electron chi connectivity index (χ4n) is 2.66. The molecule has 1 N–H and O–H groups in total. The topological polar surface area (TPSA) is 41.0 Å². The maximum Gasteiger partial charge on any atom is 0.163 e.